The molecule has 1 aliphatic rings. The molecular weight excluding hydrogens is 428 g/mol. The van der Waals surface area contributed by atoms with Crippen LogP contribution in [0.4, 0.5) is 5.69 Å². The summed E-state index contributed by atoms with van der Waals surface area (Å²) in [4.78, 5) is 24.0. The highest BCUT2D eigenvalue weighted by molar-refractivity contribution is 6.32. The lowest BCUT2D eigenvalue weighted by Crippen LogP contribution is -2.19. The number of amides is 1. The number of carbonyl (C=O) groups is 2. The Bertz CT molecular complexity index is 1140. The lowest BCUT2D eigenvalue weighted by molar-refractivity contribution is -0.136. The summed E-state index contributed by atoms with van der Waals surface area (Å²) in [6.07, 6.45) is 0.853. The zero-order valence-electron chi connectivity index (χ0n) is 17.3. The topological polar surface area (TPSA) is 87.7 Å². The van der Waals surface area contributed by atoms with Gasteiger partial charge < -0.3 is 20.5 Å². The number of nitrogens with one attached hydrogen (secondary N) is 2. The number of ether oxygens (including phenoxy) is 1. The van der Waals surface area contributed by atoms with Crippen molar-refractivity contribution in [3.8, 4) is 16.9 Å². The third kappa shape index (κ3) is 5.28. The highest BCUT2D eigenvalue weighted by Crippen LogP contribution is 2.32. The third-order valence-electron chi connectivity index (χ3n) is 5.31. The molecule has 7 heteroatoms. The summed E-state index contributed by atoms with van der Waals surface area (Å²) in [5.74, 6) is -0.648. The molecule has 1 saturated heterocycles. The van der Waals surface area contributed by atoms with E-state index in [2.05, 4.69) is 10.6 Å². The summed E-state index contributed by atoms with van der Waals surface area (Å²) < 4.78 is 6.05. The summed E-state index contributed by atoms with van der Waals surface area (Å²) in [5.41, 5.74) is 3.23. The molecule has 1 amide bonds. The fourth-order valence-corrected chi connectivity index (χ4v) is 3.84. The van der Waals surface area contributed by atoms with Crippen LogP contribution in [0.5, 0.6) is 5.75 Å². The van der Waals surface area contributed by atoms with E-state index in [1.807, 2.05) is 24.3 Å². The van der Waals surface area contributed by atoms with Crippen molar-refractivity contribution in [2.75, 3.05) is 18.4 Å². The van der Waals surface area contributed by atoms with Crippen LogP contribution in [0.1, 0.15) is 22.3 Å². The Labute approximate surface area is 191 Å². The van der Waals surface area contributed by atoms with E-state index in [0.29, 0.717) is 27.6 Å². The van der Waals surface area contributed by atoms with Gasteiger partial charge in [-0.15, -0.1) is 0 Å². The summed E-state index contributed by atoms with van der Waals surface area (Å²) in [7, 11) is 0. The van der Waals surface area contributed by atoms with Crippen LogP contribution in [-0.2, 0) is 11.2 Å². The average molecular weight is 451 g/mol. The molecule has 32 heavy (non-hydrogen) atoms. The van der Waals surface area contributed by atoms with Crippen molar-refractivity contribution in [3.63, 3.8) is 0 Å². The van der Waals surface area contributed by atoms with Gasteiger partial charge in [-0.1, -0.05) is 48.0 Å². The van der Waals surface area contributed by atoms with Crippen molar-refractivity contribution in [2.24, 2.45) is 0 Å². The van der Waals surface area contributed by atoms with Crippen LogP contribution in [0, 0.1) is 0 Å². The number of carboxylic acid groups (broad SMARTS) is 1. The van der Waals surface area contributed by atoms with E-state index >= 15 is 0 Å². The second-order valence-corrected chi connectivity index (χ2v) is 8.05. The fourth-order valence-electron chi connectivity index (χ4n) is 3.68. The van der Waals surface area contributed by atoms with Crippen LogP contribution >= 0.6 is 11.6 Å². The van der Waals surface area contributed by atoms with Gasteiger partial charge in [-0.3, -0.25) is 9.59 Å². The molecule has 0 saturated carbocycles. The molecule has 3 N–H and O–H groups in total. The maximum Gasteiger partial charge on any atom is 0.307 e. The molecule has 1 heterocycles. The zero-order valence-corrected chi connectivity index (χ0v) is 18.1. The van der Waals surface area contributed by atoms with Crippen molar-refractivity contribution >= 4 is 29.2 Å². The van der Waals surface area contributed by atoms with Crippen molar-refractivity contribution in [1.82, 2.24) is 5.32 Å². The van der Waals surface area contributed by atoms with E-state index in [4.69, 9.17) is 21.4 Å². The first-order chi connectivity index (χ1) is 15.5. The van der Waals surface area contributed by atoms with Crippen LogP contribution in [0.25, 0.3) is 11.1 Å². The molecule has 1 atom stereocenters. The number of rotatable bonds is 7. The molecule has 0 bridgehead atoms. The van der Waals surface area contributed by atoms with E-state index < -0.39 is 5.97 Å². The lowest BCUT2D eigenvalue weighted by Gasteiger charge is -2.15. The van der Waals surface area contributed by atoms with Crippen molar-refractivity contribution in [3.05, 3.63) is 82.9 Å². The zero-order chi connectivity index (χ0) is 22.5. The minimum absolute atomic E-state index is 0.0886. The quantitative estimate of drug-likeness (QED) is 0.488. The molecule has 3 aromatic carbocycles. The van der Waals surface area contributed by atoms with Gasteiger partial charge in [-0.05, 0) is 60.0 Å². The van der Waals surface area contributed by atoms with Crippen LogP contribution in [0.15, 0.2) is 66.7 Å². The minimum Gasteiger partial charge on any atom is -0.487 e. The Morgan fingerprint density at radius 1 is 1.06 bits per heavy atom. The van der Waals surface area contributed by atoms with Crippen molar-refractivity contribution in [2.45, 2.75) is 18.9 Å². The van der Waals surface area contributed by atoms with E-state index in [9.17, 15) is 9.59 Å². The van der Waals surface area contributed by atoms with E-state index in [1.54, 1.807) is 42.5 Å². The lowest BCUT2D eigenvalue weighted by atomic mass is 10.0. The maximum atomic E-state index is 12.9. The van der Waals surface area contributed by atoms with Crippen LogP contribution < -0.4 is 15.4 Å². The SMILES string of the molecule is O=C(O)Cc1ccccc1NC(=O)c1cccc(-c2ccc(Cl)c(OC3CCNC3)c2)c1. The molecule has 0 aromatic heterocycles. The van der Waals surface area contributed by atoms with E-state index in [-0.39, 0.29) is 18.4 Å². The molecule has 1 unspecified atom stereocenters. The molecule has 1 aliphatic heterocycles. The van der Waals surface area contributed by atoms with Gasteiger partial charge in [0.15, 0.2) is 0 Å². The first-order valence-electron chi connectivity index (χ1n) is 10.4. The number of carboxylic acids is 1. The molecule has 0 radical (unpaired) electrons. The summed E-state index contributed by atoms with van der Waals surface area (Å²) >= 11 is 6.33. The predicted molar refractivity (Wildman–Crippen MR) is 125 cm³/mol. The van der Waals surface area contributed by atoms with Gasteiger partial charge in [0.2, 0.25) is 0 Å². The molecule has 6 nitrogen and oxygen atoms in total. The van der Waals surface area contributed by atoms with Gasteiger partial charge in [-0.2, -0.15) is 0 Å². The van der Waals surface area contributed by atoms with Gasteiger partial charge >= 0.3 is 5.97 Å². The Balaban J connectivity index is 1.55. The second-order valence-electron chi connectivity index (χ2n) is 7.64. The van der Waals surface area contributed by atoms with Gasteiger partial charge in [0.1, 0.15) is 11.9 Å². The Kier molecular flexibility index (Phi) is 6.73. The van der Waals surface area contributed by atoms with Crippen LogP contribution in [-0.4, -0.2) is 36.2 Å². The van der Waals surface area contributed by atoms with Crippen molar-refractivity contribution < 1.29 is 19.4 Å². The Morgan fingerprint density at radius 2 is 1.88 bits per heavy atom. The molecular formula is C25H23ClN2O4. The largest absolute Gasteiger partial charge is 0.487 e. The fraction of sp³-hybridized carbons (Fsp3) is 0.200. The monoisotopic (exact) mass is 450 g/mol. The van der Waals surface area contributed by atoms with Crippen LogP contribution in [0.2, 0.25) is 5.02 Å². The highest BCUT2D eigenvalue weighted by Gasteiger charge is 2.18. The third-order valence-corrected chi connectivity index (χ3v) is 5.62. The first-order valence-corrected chi connectivity index (χ1v) is 10.8. The first kappa shape index (κ1) is 21.9. The average Bonchev–Trinajstić information content (AvgIpc) is 3.29. The molecule has 4 rings (SSSR count). The number of anilines is 1. The summed E-state index contributed by atoms with van der Waals surface area (Å²) in [6, 6.07) is 19.7. The normalized spacial score (nSPS) is 15.3. The smallest absolute Gasteiger partial charge is 0.307 e. The summed E-state index contributed by atoms with van der Waals surface area (Å²) in [5, 5.41) is 15.7. The highest BCUT2D eigenvalue weighted by atomic mass is 35.5. The maximum absolute atomic E-state index is 12.9. The number of carbonyl (C=O) groups excluding carboxylic acids is 1. The minimum atomic E-state index is -0.956. The Morgan fingerprint density at radius 3 is 2.66 bits per heavy atom. The van der Waals surface area contributed by atoms with E-state index in [0.717, 1.165) is 30.6 Å². The van der Waals surface area contributed by atoms with Gasteiger partial charge in [-0.25, -0.2) is 0 Å². The molecule has 3 aromatic rings. The number of hydrogen-bond donors (Lipinski definition) is 3. The van der Waals surface area contributed by atoms with Gasteiger partial charge in [0.25, 0.3) is 5.91 Å². The summed E-state index contributed by atoms with van der Waals surface area (Å²) in [6.45, 7) is 1.72. The predicted octanol–water partition coefficient (Wildman–Crippen LogP) is 4.63. The van der Waals surface area contributed by atoms with Gasteiger partial charge in [0.05, 0.1) is 11.4 Å². The standard InChI is InChI=1S/C25H23ClN2O4/c26-21-9-8-17(13-23(21)32-20-10-11-27-15-20)16-5-3-6-19(12-16)25(31)28-22-7-2-1-4-18(22)14-24(29)30/h1-9,12-13,20,27H,10-11,14-15H2,(H,28,31)(H,29,30). The number of para-hydroxylation sites is 1. The number of halogens is 1. The molecule has 0 spiro atoms. The Hall–Kier alpha value is -3.35. The second kappa shape index (κ2) is 9.85. The van der Waals surface area contributed by atoms with Crippen molar-refractivity contribution in [1.29, 1.82) is 0 Å². The molecule has 164 valence electrons. The molecule has 1 fully saturated rings. The van der Waals surface area contributed by atoms with Crippen LogP contribution in [0.3, 0.4) is 0 Å². The van der Waals surface area contributed by atoms with E-state index in [1.165, 1.54) is 0 Å². The van der Waals surface area contributed by atoms with Gasteiger partial charge in [0, 0.05) is 17.8 Å². The number of aliphatic carboxylic acids is 1. The molecule has 0 aliphatic carbocycles. The number of benzene rings is 3. The number of hydrogen-bond acceptors (Lipinski definition) is 4.